The number of hydrogen-bond acceptors (Lipinski definition) is 5. The number of hydrogen-bond donors (Lipinski definition) is 2. The van der Waals surface area contributed by atoms with E-state index < -0.39 is 5.91 Å². The second-order valence-corrected chi connectivity index (χ2v) is 3.93. The number of thiazole rings is 1. The van der Waals surface area contributed by atoms with Crippen LogP contribution in [-0.4, -0.2) is 21.8 Å². The SMILES string of the molecule is NC(=O)c1csc(NC(=O)c2ccccn2)n1. The molecule has 0 unspecified atom stereocenters. The first-order valence-electron chi connectivity index (χ1n) is 4.64. The molecule has 0 aliphatic rings. The molecule has 0 aliphatic heterocycles. The van der Waals surface area contributed by atoms with Gasteiger partial charge >= 0.3 is 0 Å². The second-order valence-electron chi connectivity index (χ2n) is 3.07. The van der Waals surface area contributed by atoms with Crippen LogP contribution in [0, 0.1) is 0 Å². The van der Waals surface area contributed by atoms with E-state index in [0.29, 0.717) is 5.13 Å². The number of aromatic nitrogens is 2. The van der Waals surface area contributed by atoms with Crippen molar-refractivity contribution in [2.45, 2.75) is 0 Å². The molecule has 0 saturated carbocycles. The Morgan fingerprint density at radius 3 is 2.71 bits per heavy atom. The van der Waals surface area contributed by atoms with Gasteiger partial charge in [0.25, 0.3) is 11.8 Å². The van der Waals surface area contributed by atoms with E-state index in [0.717, 1.165) is 11.3 Å². The highest BCUT2D eigenvalue weighted by Gasteiger charge is 2.11. The maximum absolute atomic E-state index is 11.7. The van der Waals surface area contributed by atoms with Gasteiger partial charge in [-0.3, -0.25) is 19.9 Å². The highest BCUT2D eigenvalue weighted by atomic mass is 32.1. The summed E-state index contributed by atoms with van der Waals surface area (Å²) in [5, 5.41) is 4.33. The molecule has 17 heavy (non-hydrogen) atoms. The van der Waals surface area contributed by atoms with Gasteiger partial charge in [0.2, 0.25) is 0 Å². The van der Waals surface area contributed by atoms with Gasteiger partial charge in [-0.25, -0.2) is 4.98 Å². The average Bonchev–Trinajstić information content (AvgIpc) is 2.79. The number of nitrogens with one attached hydrogen (secondary N) is 1. The third-order valence-electron chi connectivity index (χ3n) is 1.87. The topological polar surface area (TPSA) is 98.0 Å². The summed E-state index contributed by atoms with van der Waals surface area (Å²) in [6, 6.07) is 5.00. The summed E-state index contributed by atoms with van der Waals surface area (Å²) in [6.07, 6.45) is 1.52. The summed E-state index contributed by atoms with van der Waals surface area (Å²) in [4.78, 5) is 30.2. The predicted molar refractivity (Wildman–Crippen MR) is 62.8 cm³/mol. The van der Waals surface area contributed by atoms with Gasteiger partial charge in [0, 0.05) is 11.6 Å². The fraction of sp³-hybridized carbons (Fsp3) is 0. The lowest BCUT2D eigenvalue weighted by atomic mass is 10.3. The third kappa shape index (κ3) is 2.64. The number of nitrogens with two attached hydrogens (primary N) is 1. The Balaban J connectivity index is 2.11. The largest absolute Gasteiger partial charge is 0.364 e. The van der Waals surface area contributed by atoms with Gasteiger partial charge < -0.3 is 5.73 Å². The van der Waals surface area contributed by atoms with E-state index in [4.69, 9.17) is 5.73 Å². The summed E-state index contributed by atoms with van der Waals surface area (Å²) in [7, 11) is 0. The minimum absolute atomic E-state index is 0.131. The molecule has 0 aromatic carbocycles. The van der Waals surface area contributed by atoms with Gasteiger partial charge in [0.1, 0.15) is 11.4 Å². The average molecular weight is 248 g/mol. The number of pyridine rings is 1. The Bertz CT molecular complexity index is 552. The maximum Gasteiger partial charge on any atom is 0.276 e. The minimum Gasteiger partial charge on any atom is -0.364 e. The van der Waals surface area contributed by atoms with Gasteiger partial charge in [0.15, 0.2) is 5.13 Å². The Hall–Kier alpha value is -2.28. The molecule has 2 aromatic heterocycles. The first-order valence-corrected chi connectivity index (χ1v) is 5.52. The monoisotopic (exact) mass is 248 g/mol. The van der Waals surface area contributed by atoms with Crippen LogP contribution < -0.4 is 11.1 Å². The van der Waals surface area contributed by atoms with Crippen LogP contribution in [0.4, 0.5) is 5.13 Å². The van der Waals surface area contributed by atoms with Crippen molar-refractivity contribution in [1.82, 2.24) is 9.97 Å². The van der Waals surface area contributed by atoms with Gasteiger partial charge in [-0.15, -0.1) is 11.3 Å². The number of primary amides is 1. The molecule has 0 fully saturated rings. The van der Waals surface area contributed by atoms with E-state index in [1.165, 1.54) is 11.6 Å². The van der Waals surface area contributed by atoms with Crippen LogP contribution in [-0.2, 0) is 0 Å². The molecule has 0 bridgehead atoms. The van der Waals surface area contributed by atoms with Crippen LogP contribution in [0.3, 0.4) is 0 Å². The Labute approximate surface area is 101 Å². The lowest BCUT2D eigenvalue weighted by Gasteiger charge is -1.99. The molecule has 0 saturated heterocycles. The number of carbonyl (C=O) groups excluding carboxylic acids is 2. The lowest BCUT2D eigenvalue weighted by molar-refractivity contribution is 0.0991. The van der Waals surface area contributed by atoms with Crippen molar-refractivity contribution in [1.29, 1.82) is 0 Å². The van der Waals surface area contributed by atoms with E-state index in [-0.39, 0.29) is 17.3 Å². The minimum atomic E-state index is -0.625. The molecule has 0 aliphatic carbocycles. The molecular formula is C10H8N4O2S. The van der Waals surface area contributed by atoms with Crippen molar-refractivity contribution in [3.05, 3.63) is 41.2 Å². The van der Waals surface area contributed by atoms with Crippen molar-refractivity contribution >= 4 is 28.3 Å². The lowest BCUT2D eigenvalue weighted by Crippen LogP contribution is -2.14. The van der Waals surface area contributed by atoms with E-state index in [2.05, 4.69) is 15.3 Å². The zero-order valence-electron chi connectivity index (χ0n) is 8.58. The van der Waals surface area contributed by atoms with E-state index >= 15 is 0 Å². The molecule has 0 radical (unpaired) electrons. The molecule has 3 N–H and O–H groups in total. The predicted octanol–water partition coefficient (Wildman–Crippen LogP) is 0.889. The molecule has 7 heteroatoms. The van der Waals surface area contributed by atoms with Crippen molar-refractivity contribution in [2.24, 2.45) is 5.73 Å². The zero-order chi connectivity index (χ0) is 12.3. The van der Waals surface area contributed by atoms with Crippen LogP contribution in [0.5, 0.6) is 0 Å². The normalized spacial score (nSPS) is 9.88. The van der Waals surface area contributed by atoms with Crippen molar-refractivity contribution < 1.29 is 9.59 Å². The van der Waals surface area contributed by atoms with E-state index in [9.17, 15) is 9.59 Å². The summed E-state index contributed by atoms with van der Waals surface area (Å²) in [5.41, 5.74) is 5.46. The number of nitrogens with zero attached hydrogens (tertiary/aromatic N) is 2. The Kier molecular flexibility index (Phi) is 3.10. The van der Waals surface area contributed by atoms with Crippen LogP contribution >= 0.6 is 11.3 Å². The molecular weight excluding hydrogens is 240 g/mol. The van der Waals surface area contributed by atoms with Crippen LogP contribution in [0.1, 0.15) is 21.0 Å². The van der Waals surface area contributed by atoms with Gasteiger partial charge in [-0.1, -0.05) is 6.07 Å². The number of rotatable bonds is 3. The Morgan fingerprint density at radius 1 is 1.29 bits per heavy atom. The summed E-state index contributed by atoms with van der Waals surface area (Å²) in [5.74, 6) is -1.00. The zero-order valence-corrected chi connectivity index (χ0v) is 9.40. The highest BCUT2D eigenvalue weighted by molar-refractivity contribution is 7.14. The fourth-order valence-electron chi connectivity index (χ4n) is 1.10. The van der Waals surface area contributed by atoms with Gasteiger partial charge in [0.05, 0.1) is 0 Å². The molecule has 2 rings (SSSR count). The smallest absolute Gasteiger partial charge is 0.276 e. The first-order chi connectivity index (χ1) is 8.16. The highest BCUT2D eigenvalue weighted by Crippen LogP contribution is 2.15. The van der Waals surface area contributed by atoms with Crippen LogP contribution in [0.15, 0.2) is 29.8 Å². The van der Waals surface area contributed by atoms with Crippen molar-refractivity contribution in [3.8, 4) is 0 Å². The first kappa shape index (κ1) is 11.2. The molecule has 0 spiro atoms. The summed E-state index contributed by atoms with van der Waals surface area (Å²) >= 11 is 1.13. The van der Waals surface area contributed by atoms with E-state index in [1.807, 2.05) is 0 Å². The van der Waals surface area contributed by atoms with Gasteiger partial charge in [-0.05, 0) is 12.1 Å². The Morgan fingerprint density at radius 2 is 2.12 bits per heavy atom. The third-order valence-corrected chi connectivity index (χ3v) is 2.63. The standard InChI is InChI=1S/C10H8N4O2S/c11-8(15)7-5-17-10(13-7)14-9(16)6-3-1-2-4-12-6/h1-5H,(H2,11,15)(H,13,14,16). The van der Waals surface area contributed by atoms with Crippen LogP contribution in [0.2, 0.25) is 0 Å². The van der Waals surface area contributed by atoms with Crippen LogP contribution in [0.25, 0.3) is 0 Å². The summed E-state index contributed by atoms with van der Waals surface area (Å²) in [6.45, 7) is 0. The van der Waals surface area contributed by atoms with E-state index in [1.54, 1.807) is 18.2 Å². The molecule has 6 nitrogen and oxygen atoms in total. The van der Waals surface area contributed by atoms with Crippen molar-refractivity contribution in [3.63, 3.8) is 0 Å². The maximum atomic E-state index is 11.7. The summed E-state index contributed by atoms with van der Waals surface area (Å²) < 4.78 is 0. The molecule has 2 heterocycles. The second kappa shape index (κ2) is 4.71. The molecule has 86 valence electrons. The van der Waals surface area contributed by atoms with Gasteiger partial charge in [-0.2, -0.15) is 0 Å². The number of amides is 2. The quantitative estimate of drug-likeness (QED) is 0.842. The molecule has 0 atom stereocenters. The molecule has 2 amide bonds. The number of carbonyl (C=O) groups is 2. The fourth-order valence-corrected chi connectivity index (χ4v) is 1.80. The van der Waals surface area contributed by atoms with Crippen molar-refractivity contribution in [2.75, 3.05) is 5.32 Å². The molecule has 2 aromatic rings. The number of anilines is 1.